The highest BCUT2D eigenvalue weighted by Crippen LogP contribution is 2.41. The van der Waals surface area contributed by atoms with Crippen LogP contribution >= 0.6 is 11.6 Å². The van der Waals surface area contributed by atoms with E-state index >= 15 is 0 Å². The summed E-state index contributed by atoms with van der Waals surface area (Å²) in [6.45, 7) is -0.606. The van der Waals surface area contributed by atoms with Crippen LogP contribution in [0.2, 0.25) is 0 Å². The largest absolute Gasteiger partial charge is 0.392 e. The number of aliphatic hydroxyl groups is 2. The summed E-state index contributed by atoms with van der Waals surface area (Å²) in [7, 11) is 0. The van der Waals surface area contributed by atoms with Gasteiger partial charge in [0.2, 0.25) is 0 Å². The van der Waals surface area contributed by atoms with E-state index in [1.165, 1.54) is 23.9 Å². The van der Waals surface area contributed by atoms with E-state index in [1.807, 2.05) is 0 Å². The lowest BCUT2D eigenvalue weighted by Gasteiger charge is -2.23. The number of nitrogens with zero attached hydrogens (tertiary/aromatic N) is 2. The van der Waals surface area contributed by atoms with Gasteiger partial charge in [0.15, 0.2) is 5.60 Å². The molecule has 0 unspecified atom stereocenters. The Balaban J connectivity index is 2.51. The van der Waals surface area contributed by atoms with Gasteiger partial charge in [-0.3, -0.25) is 4.57 Å². The van der Waals surface area contributed by atoms with Gasteiger partial charge < -0.3 is 20.7 Å². The molecule has 112 valence electrons. The van der Waals surface area contributed by atoms with E-state index in [4.69, 9.17) is 28.5 Å². The van der Waals surface area contributed by atoms with Crippen molar-refractivity contribution in [1.29, 1.82) is 0 Å². The maximum absolute atomic E-state index is 11.9. The second-order valence-electron chi connectivity index (χ2n) is 4.58. The first-order valence-electron chi connectivity index (χ1n) is 6.05. The molecule has 0 saturated carbocycles. The minimum Gasteiger partial charge on any atom is -0.392 e. The molecule has 1 aromatic heterocycles. The molecule has 21 heavy (non-hydrogen) atoms. The number of terminal acetylenes is 1. The number of hydrogen-bond donors (Lipinski definition) is 3. The van der Waals surface area contributed by atoms with Crippen molar-refractivity contribution in [3.8, 4) is 12.3 Å². The summed E-state index contributed by atoms with van der Waals surface area (Å²) in [6.07, 6.45) is 5.97. The van der Waals surface area contributed by atoms with Gasteiger partial charge in [0.25, 0.3) is 0 Å². The average Bonchev–Trinajstić information content (AvgIpc) is 2.74. The lowest BCUT2D eigenvalue weighted by atomic mass is 9.91. The maximum Gasteiger partial charge on any atom is 0.351 e. The molecule has 0 aliphatic carbocycles. The number of aliphatic hydroxyl groups excluding tert-OH is 2. The normalized spacial score (nSPS) is 32.4. The molecular formula is C13H14ClN3O4. The highest BCUT2D eigenvalue weighted by atomic mass is 35.5. The molecular weight excluding hydrogens is 298 g/mol. The summed E-state index contributed by atoms with van der Waals surface area (Å²) in [5.74, 6) is 1.57. The van der Waals surface area contributed by atoms with Crippen LogP contribution in [0.3, 0.4) is 0 Å². The smallest absolute Gasteiger partial charge is 0.351 e. The van der Waals surface area contributed by atoms with Crippen molar-refractivity contribution < 1.29 is 14.9 Å². The third-order valence-electron chi connectivity index (χ3n) is 3.40. The second kappa shape index (κ2) is 5.87. The first-order valence-corrected chi connectivity index (χ1v) is 6.49. The molecule has 0 radical (unpaired) electrons. The molecule has 4 N–H and O–H groups in total. The van der Waals surface area contributed by atoms with Crippen molar-refractivity contribution in [2.24, 2.45) is 5.92 Å². The third kappa shape index (κ3) is 2.54. The molecule has 1 fully saturated rings. The molecule has 8 heteroatoms. The van der Waals surface area contributed by atoms with Crippen molar-refractivity contribution in [3.05, 3.63) is 34.4 Å². The summed E-state index contributed by atoms with van der Waals surface area (Å²) in [5, 5.41) is 19.8. The molecule has 1 aliphatic heterocycles. The fraction of sp³-hybridized carbons (Fsp3) is 0.385. The Morgan fingerprint density at radius 1 is 1.71 bits per heavy atom. The molecule has 2 rings (SSSR count). The Morgan fingerprint density at radius 3 is 2.95 bits per heavy atom. The Morgan fingerprint density at radius 2 is 2.43 bits per heavy atom. The lowest BCUT2D eigenvalue weighted by Crippen LogP contribution is -2.43. The van der Waals surface area contributed by atoms with Crippen LogP contribution in [-0.4, -0.2) is 38.1 Å². The van der Waals surface area contributed by atoms with E-state index in [9.17, 15) is 15.0 Å². The van der Waals surface area contributed by atoms with E-state index in [0.717, 1.165) is 4.57 Å². The van der Waals surface area contributed by atoms with Crippen LogP contribution in [0.4, 0.5) is 5.82 Å². The zero-order valence-corrected chi connectivity index (χ0v) is 11.6. The number of aromatic nitrogens is 2. The van der Waals surface area contributed by atoms with Crippen molar-refractivity contribution in [1.82, 2.24) is 9.55 Å². The Hall–Kier alpha value is -1.85. The maximum atomic E-state index is 11.9. The molecule has 1 aliphatic rings. The van der Waals surface area contributed by atoms with Gasteiger partial charge in [-0.25, -0.2) is 4.79 Å². The van der Waals surface area contributed by atoms with Crippen LogP contribution in [0, 0.1) is 18.3 Å². The molecule has 7 nitrogen and oxygen atoms in total. The highest BCUT2D eigenvalue weighted by molar-refractivity contribution is 6.25. The van der Waals surface area contributed by atoms with Crippen molar-refractivity contribution >= 4 is 17.4 Å². The summed E-state index contributed by atoms with van der Waals surface area (Å²) in [6, 6.07) is 1.41. The average molecular weight is 312 g/mol. The Kier molecular flexibility index (Phi) is 4.34. The number of halogens is 1. The van der Waals surface area contributed by atoms with Gasteiger partial charge in [0, 0.05) is 11.7 Å². The Bertz CT molecular complexity index is 654. The van der Waals surface area contributed by atoms with Crippen LogP contribution < -0.4 is 11.4 Å². The summed E-state index contributed by atoms with van der Waals surface area (Å²) in [5.41, 5.74) is 4.34. The van der Waals surface area contributed by atoms with Gasteiger partial charge in [-0.1, -0.05) is 23.6 Å². The van der Waals surface area contributed by atoms with E-state index < -0.39 is 36.1 Å². The van der Waals surface area contributed by atoms with Crippen LogP contribution in [-0.2, 0) is 4.74 Å². The predicted octanol–water partition coefficient (Wildman–Crippen LogP) is -0.552. The number of rotatable bonds is 3. The minimum atomic E-state index is -1.62. The van der Waals surface area contributed by atoms with Gasteiger partial charge in [0.1, 0.15) is 18.1 Å². The van der Waals surface area contributed by atoms with Crippen LogP contribution in [0.25, 0.3) is 0 Å². The zero-order valence-electron chi connectivity index (χ0n) is 10.9. The fourth-order valence-corrected chi connectivity index (χ4v) is 2.44. The van der Waals surface area contributed by atoms with Gasteiger partial charge in [-0.05, 0) is 6.07 Å². The van der Waals surface area contributed by atoms with Crippen LogP contribution in [0.15, 0.2) is 28.7 Å². The van der Waals surface area contributed by atoms with Gasteiger partial charge >= 0.3 is 5.69 Å². The first kappa shape index (κ1) is 15.5. The van der Waals surface area contributed by atoms with Gasteiger partial charge in [-0.2, -0.15) is 4.98 Å². The number of nitrogen functional groups attached to an aromatic ring is 1. The van der Waals surface area contributed by atoms with Gasteiger partial charge in [0.05, 0.1) is 12.5 Å². The molecule has 2 heterocycles. The fourth-order valence-electron chi connectivity index (χ4n) is 2.27. The minimum absolute atomic E-state index is 0.0598. The van der Waals surface area contributed by atoms with E-state index in [2.05, 4.69) is 10.9 Å². The van der Waals surface area contributed by atoms with Crippen molar-refractivity contribution in [2.45, 2.75) is 17.9 Å². The number of anilines is 1. The van der Waals surface area contributed by atoms with Crippen molar-refractivity contribution in [2.75, 3.05) is 12.3 Å². The lowest BCUT2D eigenvalue weighted by molar-refractivity contribution is -0.0916. The molecule has 1 aromatic rings. The van der Waals surface area contributed by atoms with Crippen LogP contribution in [0.1, 0.15) is 6.23 Å². The summed E-state index contributed by atoms with van der Waals surface area (Å²) in [4.78, 5) is 15.5. The van der Waals surface area contributed by atoms with Gasteiger partial charge in [-0.15, -0.1) is 6.42 Å². The SMILES string of the molecule is C#C[C@]1(CO)O[C@@H](n2ccc(N)nc2=O)[C@@H](/C=C/Cl)[C@@H]1O. The first-order chi connectivity index (χ1) is 9.99. The Labute approximate surface area is 125 Å². The molecule has 0 bridgehead atoms. The number of ether oxygens (including phenoxy) is 1. The molecule has 0 aromatic carbocycles. The van der Waals surface area contributed by atoms with E-state index in [1.54, 1.807) is 0 Å². The topological polar surface area (TPSA) is 111 Å². The highest BCUT2D eigenvalue weighted by Gasteiger charge is 2.53. The van der Waals surface area contributed by atoms with E-state index in [0.29, 0.717) is 0 Å². The monoisotopic (exact) mass is 311 g/mol. The molecule has 0 amide bonds. The number of hydrogen-bond acceptors (Lipinski definition) is 6. The summed E-state index contributed by atoms with van der Waals surface area (Å²) < 4.78 is 6.70. The molecule has 0 spiro atoms. The van der Waals surface area contributed by atoms with Crippen LogP contribution in [0.5, 0.6) is 0 Å². The number of nitrogens with two attached hydrogens (primary N) is 1. The molecule has 1 saturated heterocycles. The predicted molar refractivity (Wildman–Crippen MR) is 76.2 cm³/mol. The van der Waals surface area contributed by atoms with E-state index in [-0.39, 0.29) is 5.82 Å². The van der Waals surface area contributed by atoms with Crippen molar-refractivity contribution in [3.63, 3.8) is 0 Å². The summed E-state index contributed by atoms with van der Waals surface area (Å²) >= 11 is 5.56. The second-order valence-corrected chi connectivity index (χ2v) is 4.84. The zero-order chi connectivity index (χ0) is 15.6. The molecule has 4 atom stereocenters. The standard InChI is InChI=1S/C13H14ClN3O4/c1-2-13(7-18)10(19)8(3-5-14)11(21-13)17-6-4-9(15)16-12(17)20/h1,3-6,8,10-11,18-19H,7H2,(H2,15,16,20)/b5-3+/t8-,10-,11+,13+/m0/s1. The quantitative estimate of drug-likeness (QED) is 0.646. The third-order valence-corrected chi connectivity index (χ3v) is 3.55.